The van der Waals surface area contributed by atoms with Crippen LogP contribution in [0.2, 0.25) is 5.02 Å². The van der Waals surface area contributed by atoms with Crippen LogP contribution in [0.5, 0.6) is 5.75 Å². The summed E-state index contributed by atoms with van der Waals surface area (Å²) in [7, 11) is 0. The van der Waals surface area contributed by atoms with Crippen molar-refractivity contribution in [3.8, 4) is 5.75 Å². The molecule has 3 aromatic rings. The molecule has 34 heavy (non-hydrogen) atoms. The summed E-state index contributed by atoms with van der Waals surface area (Å²) in [6.07, 6.45) is 0.391. The SMILES string of the molecule is CC(C)CNC(=O)[C@H](Cc1ccccc1)N(Cc1cccc(Cl)c1)C(=O)COc1ccccc1. The predicted molar refractivity (Wildman–Crippen MR) is 136 cm³/mol. The highest BCUT2D eigenvalue weighted by atomic mass is 35.5. The first kappa shape index (κ1) is 25.3. The molecule has 2 amide bonds. The number of ether oxygens (including phenoxy) is 1. The molecule has 3 rings (SSSR count). The third kappa shape index (κ3) is 7.92. The van der Waals surface area contributed by atoms with E-state index in [1.54, 1.807) is 23.1 Å². The molecule has 0 spiro atoms. The number of nitrogens with one attached hydrogen (secondary N) is 1. The summed E-state index contributed by atoms with van der Waals surface area (Å²) in [6, 6.07) is 25.5. The Kier molecular flexibility index (Phi) is 9.53. The molecule has 1 atom stereocenters. The molecule has 0 fully saturated rings. The molecule has 0 saturated heterocycles. The fourth-order valence-corrected chi connectivity index (χ4v) is 3.77. The number of halogens is 1. The van der Waals surface area contributed by atoms with Gasteiger partial charge in [0.25, 0.3) is 5.91 Å². The first-order valence-electron chi connectivity index (χ1n) is 11.5. The van der Waals surface area contributed by atoms with Crippen LogP contribution in [-0.2, 0) is 22.6 Å². The minimum absolute atomic E-state index is 0.173. The van der Waals surface area contributed by atoms with Gasteiger partial charge in [-0.3, -0.25) is 9.59 Å². The quantitative estimate of drug-likeness (QED) is 0.415. The Hall–Kier alpha value is -3.31. The first-order chi connectivity index (χ1) is 16.4. The van der Waals surface area contributed by atoms with E-state index in [1.165, 1.54) is 0 Å². The van der Waals surface area contributed by atoms with Gasteiger partial charge in [0.15, 0.2) is 6.61 Å². The number of benzene rings is 3. The van der Waals surface area contributed by atoms with Crippen molar-refractivity contribution < 1.29 is 14.3 Å². The van der Waals surface area contributed by atoms with Gasteiger partial charge in [-0.1, -0.05) is 86.1 Å². The van der Waals surface area contributed by atoms with Crippen LogP contribution in [0.1, 0.15) is 25.0 Å². The number of amides is 2. The summed E-state index contributed by atoms with van der Waals surface area (Å²) < 4.78 is 5.74. The lowest BCUT2D eigenvalue weighted by atomic mass is 10.0. The third-order valence-corrected chi connectivity index (χ3v) is 5.54. The second-order valence-corrected chi connectivity index (χ2v) is 9.03. The van der Waals surface area contributed by atoms with E-state index in [9.17, 15) is 9.59 Å². The van der Waals surface area contributed by atoms with E-state index in [0.29, 0.717) is 29.7 Å². The molecule has 178 valence electrons. The summed E-state index contributed by atoms with van der Waals surface area (Å²) in [4.78, 5) is 28.4. The molecule has 0 aliphatic heterocycles. The molecule has 1 N–H and O–H groups in total. The van der Waals surface area contributed by atoms with E-state index in [0.717, 1.165) is 11.1 Å². The van der Waals surface area contributed by atoms with Crippen molar-refractivity contribution in [2.75, 3.05) is 13.2 Å². The van der Waals surface area contributed by atoms with Crippen LogP contribution < -0.4 is 10.1 Å². The largest absolute Gasteiger partial charge is 0.484 e. The average Bonchev–Trinajstić information content (AvgIpc) is 2.84. The van der Waals surface area contributed by atoms with E-state index in [-0.39, 0.29) is 25.0 Å². The van der Waals surface area contributed by atoms with Crippen molar-refractivity contribution in [1.82, 2.24) is 10.2 Å². The van der Waals surface area contributed by atoms with Gasteiger partial charge in [-0.05, 0) is 41.3 Å². The van der Waals surface area contributed by atoms with E-state index in [4.69, 9.17) is 16.3 Å². The molecular formula is C28H31ClN2O3. The molecule has 5 nitrogen and oxygen atoms in total. The second-order valence-electron chi connectivity index (χ2n) is 8.60. The number of nitrogens with zero attached hydrogens (tertiary/aromatic N) is 1. The maximum atomic E-state index is 13.5. The van der Waals surface area contributed by atoms with E-state index in [1.807, 2.05) is 80.6 Å². The summed E-state index contributed by atoms with van der Waals surface area (Å²) in [5, 5.41) is 3.59. The van der Waals surface area contributed by atoms with Gasteiger partial charge in [0.2, 0.25) is 5.91 Å². The van der Waals surface area contributed by atoms with Gasteiger partial charge in [-0.15, -0.1) is 0 Å². The lowest BCUT2D eigenvalue weighted by Crippen LogP contribution is -2.52. The smallest absolute Gasteiger partial charge is 0.261 e. The van der Waals surface area contributed by atoms with Crippen molar-refractivity contribution >= 4 is 23.4 Å². The Morgan fingerprint density at radius 3 is 2.21 bits per heavy atom. The molecule has 0 heterocycles. The van der Waals surface area contributed by atoms with E-state index in [2.05, 4.69) is 5.32 Å². The fourth-order valence-electron chi connectivity index (χ4n) is 3.55. The molecule has 0 aliphatic carbocycles. The molecule has 0 saturated carbocycles. The summed E-state index contributed by atoms with van der Waals surface area (Å²) >= 11 is 6.20. The number of carbonyl (C=O) groups excluding carboxylic acids is 2. The van der Waals surface area contributed by atoms with Gasteiger partial charge in [0, 0.05) is 24.5 Å². The van der Waals surface area contributed by atoms with Gasteiger partial charge in [-0.2, -0.15) is 0 Å². The Labute approximate surface area is 206 Å². The van der Waals surface area contributed by atoms with E-state index < -0.39 is 6.04 Å². The Morgan fingerprint density at radius 2 is 1.56 bits per heavy atom. The highest BCUT2D eigenvalue weighted by molar-refractivity contribution is 6.30. The zero-order valence-corrected chi connectivity index (χ0v) is 20.4. The summed E-state index contributed by atoms with van der Waals surface area (Å²) in [5.74, 6) is 0.430. The van der Waals surface area contributed by atoms with Crippen LogP contribution in [0.25, 0.3) is 0 Å². The maximum absolute atomic E-state index is 13.5. The van der Waals surface area contributed by atoms with Crippen LogP contribution in [0.3, 0.4) is 0 Å². The monoisotopic (exact) mass is 478 g/mol. The van der Waals surface area contributed by atoms with Crippen molar-refractivity contribution in [2.24, 2.45) is 5.92 Å². The molecule has 0 aliphatic rings. The molecular weight excluding hydrogens is 448 g/mol. The minimum atomic E-state index is -0.702. The lowest BCUT2D eigenvalue weighted by Gasteiger charge is -2.31. The van der Waals surface area contributed by atoms with Gasteiger partial charge < -0.3 is 15.0 Å². The highest BCUT2D eigenvalue weighted by Gasteiger charge is 2.30. The summed E-state index contributed by atoms with van der Waals surface area (Å²) in [6.45, 7) is 4.67. The van der Waals surface area contributed by atoms with Gasteiger partial charge >= 0.3 is 0 Å². The lowest BCUT2D eigenvalue weighted by molar-refractivity contribution is -0.142. The van der Waals surface area contributed by atoms with Crippen LogP contribution in [0.15, 0.2) is 84.9 Å². The van der Waals surface area contributed by atoms with Gasteiger partial charge in [0.1, 0.15) is 11.8 Å². The normalized spacial score (nSPS) is 11.6. The number of carbonyl (C=O) groups is 2. The van der Waals surface area contributed by atoms with Crippen LogP contribution >= 0.6 is 11.6 Å². The van der Waals surface area contributed by atoms with E-state index >= 15 is 0 Å². The van der Waals surface area contributed by atoms with Crippen LogP contribution in [-0.4, -0.2) is 35.9 Å². The van der Waals surface area contributed by atoms with Crippen molar-refractivity contribution in [3.05, 3.63) is 101 Å². The standard InChI is InChI=1S/C28H31ClN2O3/c1-21(2)18-30-28(33)26(17-22-10-5-3-6-11-22)31(19-23-12-9-13-24(29)16-23)27(32)20-34-25-14-7-4-8-15-25/h3-16,21,26H,17-20H2,1-2H3,(H,30,33)/t26-/m0/s1. The number of hydrogen-bond acceptors (Lipinski definition) is 3. The molecule has 3 aromatic carbocycles. The maximum Gasteiger partial charge on any atom is 0.261 e. The zero-order chi connectivity index (χ0) is 24.3. The van der Waals surface area contributed by atoms with Crippen molar-refractivity contribution in [3.63, 3.8) is 0 Å². The topological polar surface area (TPSA) is 58.6 Å². The van der Waals surface area contributed by atoms with Crippen LogP contribution in [0, 0.1) is 5.92 Å². The second kappa shape index (κ2) is 12.8. The Morgan fingerprint density at radius 1 is 0.912 bits per heavy atom. The number of hydrogen-bond donors (Lipinski definition) is 1. The third-order valence-electron chi connectivity index (χ3n) is 5.30. The molecule has 0 unspecified atom stereocenters. The molecule has 0 aromatic heterocycles. The molecule has 0 radical (unpaired) electrons. The van der Waals surface area contributed by atoms with Gasteiger partial charge in [0.05, 0.1) is 0 Å². The molecule has 6 heteroatoms. The highest BCUT2D eigenvalue weighted by Crippen LogP contribution is 2.18. The number of rotatable bonds is 11. The average molecular weight is 479 g/mol. The Balaban J connectivity index is 1.89. The predicted octanol–water partition coefficient (Wildman–Crippen LogP) is 5.13. The fraction of sp³-hybridized carbons (Fsp3) is 0.286. The van der Waals surface area contributed by atoms with Gasteiger partial charge in [-0.25, -0.2) is 0 Å². The Bertz CT molecular complexity index is 1060. The first-order valence-corrected chi connectivity index (χ1v) is 11.8. The minimum Gasteiger partial charge on any atom is -0.484 e. The van der Waals surface area contributed by atoms with Crippen LogP contribution in [0.4, 0.5) is 0 Å². The van der Waals surface area contributed by atoms with Crippen molar-refractivity contribution in [1.29, 1.82) is 0 Å². The summed E-state index contributed by atoms with van der Waals surface area (Å²) in [5.41, 5.74) is 1.82. The zero-order valence-electron chi connectivity index (χ0n) is 19.6. The molecule has 0 bridgehead atoms. The van der Waals surface area contributed by atoms with Crippen molar-refractivity contribution in [2.45, 2.75) is 32.9 Å². The number of para-hydroxylation sites is 1.